The van der Waals surface area contributed by atoms with Gasteiger partial charge in [0.25, 0.3) is 0 Å². The molecule has 16 heteroatoms. The SMILES string of the molecule is C[Si](C)(C)c1cc2c(s1)-c1sc(-c3cc(-c4csc(-c5cc6c(s5)-c5sc([Si](C)(C)C)cc5-c5cc([Si](C)(C)C)sc5-c5sc([Si](C)(C)C)cc5-6)c4)cs3)cc1-c1cc([Si](C)(C)C)sc1-c1sc([Si](C)(C)C)cc1-2. The second-order valence-electron chi connectivity index (χ2n) is 26.7. The fourth-order valence-corrected chi connectivity index (χ4v) is 33.0. The highest BCUT2D eigenvalue weighted by atomic mass is 32.1. The molecule has 0 saturated carbocycles. The van der Waals surface area contributed by atoms with Crippen LogP contribution in [0.5, 0.6) is 0 Å². The predicted molar refractivity (Wildman–Crippen MR) is 370 cm³/mol. The van der Waals surface area contributed by atoms with Gasteiger partial charge in [-0.05, 0) is 110 Å². The summed E-state index contributed by atoms with van der Waals surface area (Å²) in [4.78, 5) is 17.5. The molecule has 0 N–H and O–H groups in total. The van der Waals surface area contributed by atoms with Crippen molar-refractivity contribution in [3.63, 3.8) is 0 Å². The first-order chi connectivity index (χ1) is 34.4. The van der Waals surface area contributed by atoms with E-state index in [1.165, 1.54) is 114 Å². The third-order valence-electron chi connectivity index (χ3n) is 14.3. The van der Waals surface area contributed by atoms with Crippen LogP contribution < -0.4 is 27.0 Å². The molecule has 10 aromatic heterocycles. The van der Waals surface area contributed by atoms with Crippen molar-refractivity contribution in [2.45, 2.75) is 118 Å². The highest BCUT2D eigenvalue weighted by Gasteiger charge is 2.37. The van der Waals surface area contributed by atoms with Crippen LogP contribution in [0.15, 0.2) is 71.4 Å². The van der Waals surface area contributed by atoms with Gasteiger partial charge in [0.1, 0.15) is 0 Å². The Morgan fingerprint density at radius 2 is 0.405 bits per heavy atom. The zero-order valence-electron chi connectivity index (χ0n) is 46.0. The van der Waals surface area contributed by atoms with E-state index in [0.717, 1.165) is 0 Å². The van der Waals surface area contributed by atoms with Gasteiger partial charge in [-0.2, -0.15) is 0 Å². The Bertz CT molecular complexity index is 3420. The van der Waals surface area contributed by atoms with E-state index in [4.69, 9.17) is 0 Å². The minimum atomic E-state index is -1.58. The van der Waals surface area contributed by atoms with Crippen molar-refractivity contribution in [3.8, 4) is 114 Å². The summed E-state index contributed by atoms with van der Waals surface area (Å²) in [6.45, 7) is 45.5. The predicted octanol–water partition coefficient (Wildman–Crippen LogP) is 20.5. The molecule has 0 aliphatic heterocycles. The smallest absolute Gasteiger partial charge is 0.0904 e. The number of hydrogen-bond acceptors (Lipinski definition) is 10. The zero-order valence-corrected chi connectivity index (χ0v) is 60.2. The van der Waals surface area contributed by atoms with Crippen molar-refractivity contribution in [1.29, 1.82) is 0 Å². The maximum Gasteiger partial charge on any atom is 0.0904 e. The molecule has 0 nitrogen and oxygen atoms in total. The molecular weight excluding hydrogens is 1190 g/mol. The summed E-state index contributed by atoms with van der Waals surface area (Å²) in [7, 11) is -9.42. The summed E-state index contributed by atoms with van der Waals surface area (Å²) in [5, 5.41) is 4.86. The van der Waals surface area contributed by atoms with Gasteiger partial charge in [-0.3, -0.25) is 0 Å². The molecule has 74 heavy (non-hydrogen) atoms. The summed E-state index contributed by atoms with van der Waals surface area (Å²) in [5.41, 5.74) is 14.5. The Kier molecular flexibility index (Phi) is 12.8. The number of hydrogen-bond donors (Lipinski definition) is 0. The third-order valence-corrected chi connectivity index (χ3v) is 47.8. The number of thiophene rings is 10. The van der Waals surface area contributed by atoms with Crippen LogP contribution >= 0.6 is 113 Å². The minimum absolute atomic E-state index is 1.34. The molecule has 0 spiro atoms. The molecule has 0 radical (unpaired) electrons. The van der Waals surface area contributed by atoms with E-state index < -0.39 is 48.4 Å². The van der Waals surface area contributed by atoms with Crippen molar-refractivity contribution in [1.82, 2.24) is 0 Å². The van der Waals surface area contributed by atoms with E-state index >= 15 is 0 Å². The summed E-state index contributed by atoms with van der Waals surface area (Å²) in [6, 6.07) is 26.0. The van der Waals surface area contributed by atoms with E-state index in [9.17, 15) is 0 Å². The molecule has 0 saturated heterocycles. The van der Waals surface area contributed by atoms with Crippen molar-refractivity contribution in [2.75, 3.05) is 0 Å². The first-order valence-corrected chi connectivity index (χ1v) is 55.0. The van der Waals surface area contributed by atoms with Gasteiger partial charge in [0, 0.05) is 64.0 Å². The molecule has 0 aromatic carbocycles. The fraction of sp³-hybridized carbons (Fsp3) is 0.310. The summed E-state index contributed by atoms with van der Waals surface area (Å²) in [6.07, 6.45) is 0. The van der Waals surface area contributed by atoms with Crippen molar-refractivity contribution in [3.05, 3.63) is 71.4 Å². The van der Waals surface area contributed by atoms with Crippen LogP contribution in [0.2, 0.25) is 118 Å². The average molecular weight is 1250 g/mol. The van der Waals surface area contributed by atoms with Gasteiger partial charge in [-0.15, -0.1) is 113 Å². The van der Waals surface area contributed by atoms with Crippen molar-refractivity contribution in [2.24, 2.45) is 0 Å². The molecule has 2 aliphatic carbocycles. The largest absolute Gasteiger partial charge is 0.143 e. The second kappa shape index (κ2) is 17.9. The molecule has 0 fully saturated rings. The fourth-order valence-electron chi connectivity index (χ4n) is 9.77. The topological polar surface area (TPSA) is 0 Å². The van der Waals surface area contributed by atoms with Crippen LogP contribution in [0, 0.1) is 0 Å². The first kappa shape index (κ1) is 53.0. The highest BCUT2D eigenvalue weighted by Crippen LogP contribution is 2.59. The van der Waals surface area contributed by atoms with Gasteiger partial charge >= 0.3 is 0 Å². The van der Waals surface area contributed by atoms with Gasteiger partial charge in [0.15, 0.2) is 0 Å². The highest BCUT2D eigenvalue weighted by molar-refractivity contribution is 7.37. The molecule has 12 rings (SSSR count). The Hall–Kier alpha value is -1.70. The standard InChI is InChI=1S/C58H66S10Si6/c1-69(2,3)45-23-35-33-21-43(61-51(33)53-37(25-47(63-53)71(7,8)9)39-27-49(73(13,14)15)67-57(39)55(35)65-45)41-19-31(29-59-41)32-20-42(60-30-32)44-22-34-36-24-46(70(4,5)6)66-56(36)58-40(28-50(68-58)74(16,17)18)38-26-48(72(10,11)12)64-54(38)52(34)62-44/h19-30H,1-18H3. The first-order valence-electron chi connectivity index (χ1n) is 25.7. The molecule has 10 heterocycles. The lowest BCUT2D eigenvalue weighted by Gasteiger charge is -2.12. The van der Waals surface area contributed by atoms with Crippen LogP contribution in [0.1, 0.15) is 0 Å². The van der Waals surface area contributed by atoms with Crippen LogP contribution in [0.25, 0.3) is 114 Å². The third kappa shape index (κ3) is 9.13. The molecule has 0 bridgehead atoms. The molecule has 2 aliphatic rings. The molecule has 0 unspecified atom stereocenters. The lowest BCUT2D eigenvalue weighted by atomic mass is 9.97. The Morgan fingerprint density at radius 1 is 0.216 bits per heavy atom. The Morgan fingerprint density at radius 3 is 0.608 bits per heavy atom. The van der Waals surface area contributed by atoms with Crippen LogP contribution in [-0.4, -0.2) is 48.4 Å². The summed E-state index contributed by atoms with van der Waals surface area (Å²) < 4.78 is 9.68. The Labute approximate surface area is 486 Å². The van der Waals surface area contributed by atoms with Gasteiger partial charge < -0.3 is 0 Å². The molecule has 0 atom stereocenters. The monoisotopic (exact) mass is 1250 g/mol. The number of rotatable bonds is 9. The van der Waals surface area contributed by atoms with E-state index in [1.807, 2.05) is 45.3 Å². The zero-order chi connectivity index (χ0) is 52.7. The second-order valence-corrected chi connectivity index (χ2v) is 69.4. The Balaban J connectivity index is 0.964. The lowest BCUT2D eigenvalue weighted by Crippen LogP contribution is -2.35. The van der Waals surface area contributed by atoms with Crippen molar-refractivity contribution >= 4 is 189 Å². The molecular formula is C58H66S10Si6. The molecule has 0 amide bonds. The maximum absolute atomic E-state index is 2.63. The van der Waals surface area contributed by atoms with Gasteiger partial charge in [-0.1, -0.05) is 118 Å². The van der Waals surface area contributed by atoms with Crippen LogP contribution in [-0.2, 0) is 0 Å². The molecule has 10 aromatic rings. The van der Waals surface area contributed by atoms with E-state index in [0.29, 0.717) is 0 Å². The number of fused-ring (bicyclic) bond motifs is 16. The lowest BCUT2D eigenvalue weighted by molar-refractivity contribution is 1.73. The van der Waals surface area contributed by atoms with Gasteiger partial charge in [0.2, 0.25) is 0 Å². The van der Waals surface area contributed by atoms with Crippen molar-refractivity contribution < 1.29 is 0 Å². The van der Waals surface area contributed by atoms with Gasteiger partial charge in [0.05, 0.1) is 87.5 Å². The van der Waals surface area contributed by atoms with Crippen LogP contribution in [0.3, 0.4) is 0 Å². The molecule has 382 valence electrons. The quantitative estimate of drug-likeness (QED) is 0.126. The van der Waals surface area contributed by atoms with E-state index in [1.54, 1.807) is 27.0 Å². The average Bonchev–Trinajstić information content (AvgIpc) is 4.10. The summed E-state index contributed by atoms with van der Waals surface area (Å²) in [5.74, 6) is 0. The minimum Gasteiger partial charge on any atom is -0.143 e. The van der Waals surface area contributed by atoms with Crippen LogP contribution in [0.4, 0.5) is 0 Å². The van der Waals surface area contributed by atoms with E-state index in [-0.39, 0.29) is 0 Å². The maximum atomic E-state index is 2.63. The summed E-state index contributed by atoms with van der Waals surface area (Å²) >= 11 is 20.6. The normalized spacial score (nSPS) is 13.8. The van der Waals surface area contributed by atoms with Gasteiger partial charge in [-0.25, -0.2) is 0 Å². The van der Waals surface area contributed by atoms with E-state index in [2.05, 4.69) is 257 Å².